The Hall–Kier alpha value is -3.70. The van der Waals surface area contributed by atoms with E-state index in [1.807, 2.05) is 37.1 Å². The Bertz CT molecular complexity index is 1190. The van der Waals surface area contributed by atoms with E-state index in [0.717, 1.165) is 11.4 Å². The molecule has 0 aliphatic rings. The predicted octanol–water partition coefficient (Wildman–Crippen LogP) is 4.49. The maximum atomic E-state index is 13.3. The first kappa shape index (κ1) is 38.5. The van der Waals surface area contributed by atoms with Gasteiger partial charge in [-0.25, -0.2) is 9.97 Å². The molecule has 258 valence electrons. The van der Waals surface area contributed by atoms with Gasteiger partial charge < -0.3 is 28.1 Å². The molecule has 12 nitrogen and oxygen atoms in total. The molecule has 2 aromatic heterocycles. The van der Waals surface area contributed by atoms with Crippen molar-refractivity contribution in [3.63, 3.8) is 0 Å². The second kappa shape index (κ2) is 17.3. The van der Waals surface area contributed by atoms with E-state index < -0.39 is 34.6 Å². The van der Waals surface area contributed by atoms with Crippen LogP contribution < -0.4 is 0 Å². The van der Waals surface area contributed by atoms with Gasteiger partial charge in [0, 0.05) is 49.7 Å². The SMILES string of the molecule is CC[C@H](C(=O)OCCOC(=O)[C@@H](CC)[C@H](COC(=O)C(C)(C)C)Cc1cncn1C)[C@H](COC(=O)C(C)(C)C)Cc1cncn1C. The van der Waals surface area contributed by atoms with Gasteiger partial charge in [0.1, 0.15) is 13.2 Å². The van der Waals surface area contributed by atoms with Gasteiger partial charge in [-0.15, -0.1) is 0 Å². The lowest BCUT2D eigenvalue weighted by molar-refractivity contribution is -0.164. The molecular formula is C34H54N4O8. The molecule has 0 aromatic carbocycles. The molecule has 46 heavy (non-hydrogen) atoms. The minimum Gasteiger partial charge on any atom is -0.465 e. The predicted molar refractivity (Wildman–Crippen MR) is 171 cm³/mol. The van der Waals surface area contributed by atoms with E-state index in [1.54, 1.807) is 66.6 Å². The molecule has 0 spiro atoms. The maximum absolute atomic E-state index is 13.3. The molecule has 2 rings (SSSR count). The average molecular weight is 647 g/mol. The molecule has 0 amide bonds. The number of carbonyl (C=O) groups is 4. The number of rotatable bonds is 17. The standard InChI is InChI=1S/C34H54N4O8/c1-11-27(23(15-25-17-35-21-37(25)9)19-45-31(41)33(3,4)5)29(39)43-13-14-44-30(40)28(12-2)24(16-26-18-36-22-38(26)10)20-46-32(42)34(6,7)8/h17-18,21-24,27-28H,11-16,19-20H2,1-10H3/t23-,24-,27-,28-/m0/s1. The van der Waals surface area contributed by atoms with Crippen LogP contribution in [0.2, 0.25) is 0 Å². The minimum atomic E-state index is -0.676. The van der Waals surface area contributed by atoms with Crippen molar-refractivity contribution in [2.75, 3.05) is 26.4 Å². The number of aryl methyl sites for hydroxylation is 2. The third-order valence-electron chi connectivity index (χ3n) is 8.05. The third kappa shape index (κ3) is 11.6. The average Bonchev–Trinajstić information content (AvgIpc) is 3.58. The van der Waals surface area contributed by atoms with Gasteiger partial charge >= 0.3 is 23.9 Å². The Labute approximate surface area is 273 Å². The van der Waals surface area contributed by atoms with Crippen molar-refractivity contribution in [3.8, 4) is 0 Å². The van der Waals surface area contributed by atoms with Gasteiger partial charge in [0.05, 0.1) is 48.5 Å². The molecule has 0 N–H and O–H groups in total. The van der Waals surface area contributed by atoms with Crippen LogP contribution in [0.15, 0.2) is 25.0 Å². The first-order valence-electron chi connectivity index (χ1n) is 16.1. The van der Waals surface area contributed by atoms with Gasteiger partial charge in [-0.05, 0) is 67.2 Å². The lowest BCUT2D eigenvalue weighted by Gasteiger charge is -2.27. The fraction of sp³-hybridized carbons (Fsp3) is 0.706. The van der Waals surface area contributed by atoms with Crippen LogP contribution in [0.25, 0.3) is 0 Å². The molecule has 12 heteroatoms. The lowest BCUT2D eigenvalue weighted by atomic mass is 9.86. The topological polar surface area (TPSA) is 141 Å². The zero-order valence-electron chi connectivity index (χ0n) is 29.3. The summed E-state index contributed by atoms with van der Waals surface area (Å²) in [6.07, 6.45) is 8.68. The van der Waals surface area contributed by atoms with Crippen molar-refractivity contribution in [3.05, 3.63) is 36.4 Å². The summed E-state index contributed by atoms with van der Waals surface area (Å²) in [6.45, 7) is 14.3. The smallest absolute Gasteiger partial charge is 0.311 e. The van der Waals surface area contributed by atoms with Gasteiger partial charge in [0.15, 0.2) is 0 Å². The second-order valence-electron chi connectivity index (χ2n) is 14.0. The van der Waals surface area contributed by atoms with E-state index in [2.05, 4.69) is 9.97 Å². The molecule has 0 aliphatic carbocycles. The van der Waals surface area contributed by atoms with E-state index in [1.165, 1.54) is 0 Å². The first-order valence-corrected chi connectivity index (χ1v) is 16.1. The highest BCUT2D eigenvalue weighted by Crippen LogP contribution is 2.26. The summed E-state index contributed by atoms with van der Waals surface area (Å²) in [7, 11) is 3.74. The number of nitrogens with zero attached hydrogens (tertiary/aromatic N) is 4. The number of imidazole rings is 2. The van der Waals surface area contributed by atoms with Crippen molar-refractivity contribution in [1.29, 1.82) is 0 Å². The maximum Gasteiger partial charge on any atom is 0.311 e. The highest BCUT2D eigenvalue weighted by molar-refractivity contribution is 5.76. The lowest BCUT2D eigenvalue weighted by Crippen LogP contribution is -2.35. The second-order valence-corrected chi connectivity index (χ2v) is 14.0. The molecule has 0 bridgehead atoms. The molecule has 0 saturated carbocycles. The Kier molecular flexibility index (Phi) is 14.5. The summed E-state index contributed by atoms with van der Waals surface area (Å²) in [5, 5.41) is 0. The summed E-state index contributed by atoms with van der Waals surface area (Å²) in [5.41, 5.74) is 0.447. The van der Waals surface area contributed by atoms with Crippen LogP contribution in [0.4, 0.5) is 0 Å². The molecule has 4 atom stereocenters. The quantitative estimate of drug-likeness (QED) is 0.137. The molecule has 0 unspecified atom stereocenters. The van der Waals surface area contributed by atoms with Gasteiger partial charge in [0.2, 0.25) is 0 Å². The Morgan fingerprint density at radius 3 is 1.26 bits per heavy atom. The molecule has 0 saturated heterocycles. The Balaban J connectivity index is 2.05. The molecular weight excluding hydrogens is 592 g/mol. The fourth-order valence-corrected chi connectivity index (χ4v) is 5.02. The van der Waals surface area contributed by atoms with E-state index >= 15 is 0 Å². The number of hydrogen-bond acceptors (Lipinski definition) is 10. The van der Waals surface area contributed by atoms with E-state index in [9.17, 15) is 19.2 Å². The summed E-state index contributed by atoms with van der Waals surface area (Å²) in [4.78, 5) is 59.9. The summed E-state index contributed by atoms with van der Waals surface area (Å²) >= 11 is 0. The van der Waals surface area contributed by atoms with Crippen LogP contribution in [0.5, 0.6) is 0 Å². The van der Waals surface area contributed by atoms with Crippen LogP contribution in [-0.4, -0.2) is 69.4 Å². The van der Waals surface area contributed by atoms with Gasteiger partial charge in [0.25, 0.3) is 0 Å². The monoisotopic (exact) mass is 646 g/mol. The van der Waals surface area contributed by atoms with Crippen LogP contribution in [0.3, 0.4) is 0 Å². The summed E-state index contributed by atoms with van der Waals surface area (Å²) in [6, 6.07) is 0. The van der Waals surface area contributed by atoms with Crippen molar-refractivity contribution in [1.82, 2.24) is 19.1 Å². The third-order valence-corrected chi connectivity index (χ3v) is 8.05. The van der Waals surface area contributed by atoms with Crippen LogP contribution in [0.1, 0.15) is 79.6 Å². The van der Waals surface area contributed by atoms with Crippen LogP contribution in [-0.2, 0) is 65.1 Å². The number of carbonyl (C=O) groups excluding carboxylic acids is 4. The fourth-order valence-electron chi connectivity index (χ4n) is 5.02. The van der Waals surface area contributed by atoms with E-state index in [0.29, 0.717) is 25.7 Å². The van der Waals surface area contributed by atoms with Crippen LogP contribution >= 0.6 is 0 Å². The molecule has 2 heterocycles. The number of aromatic nitrogens is 4. The van der Waals surface area contributed by atoms with E-state index in [4.69, 9.17) is 18.9 Å². The molecule has 0 fully saturated rings. The first-order chi connectivity index (χ1) is 21.5. The zero-order chi connectivity index (χ0) is 34.7. The molecule has 0 radical (unpaired) electrons. The highest BCUT2D eigenvalue weighted by atomic mass is 16.6. The van der Waals surface area contributed by atoms with Crippen molar-refractivity contribution in [2.24, 2.45) is 48.6 Å². The molecule has 2 aromatic rings. The summed E-state index contributed by atoms with van der Waals surface area (Å²) < 4.78 is 26.1. The Morgan fingerprint density at radius 2 is 1.00 bits per heavy atom. The largest absolute Gasteiger partial charge is 0.465 e. The number of ether oxygens (including phenoxy) is 4. The Morgan fingerprint density at radius 1 is 0.652 bits per heavy atom. The van der Waals surface area contributed by atoms with Crippen molar-refractivity contribution < 1.29 is 38.1 Å². The summed E-state index contributed by atoms with van der Waals surface area (Å²) in [5.74, 6) is -3.38. The zero-order valence-corrected chi connectivity index (χ0v) is 29.3. The van der Waals surface area contributed by atoms with Gasteiger partial charge in [-0.2, -0.15) is 0 Å². The highest BCUT2D eigenvalue weighted by Gasteiger charge is 2.34. The number of esters is 4. The van der Waals surface area contributed by atoms with Crippen molar-refractivity contribution in [2.45, 2.75) is 81.1 Å². The van der Waals surface area contributed by atoms with E-state index in [-0.39, 0.29) is 50.2 Å². The van der Waals surface area contributed by atoms with Gasteiger partial charge in [-0.3, -0.25) is 19.2 Å². The van der Waals surface area contributed by atoms with Gasteiger partial charge in [-0.1, -0.05) is 13.8 Å². The van der Waals surface area contributed by atoms with Crippen LogP contribution in [0, 0.1) is 34.5 Å². The normalized spacial score (nSPS) is 14.6. The van der Waals surface area contributed by atoms with Crippen molar-refractivity contribution >= 4 is 23.9 Å². The minimum absolute atomic E-state index is 0.0555. The number of hydrogen-bond donors (Lipinski definition) is 0. The molecule has 0 aliphatic heterocycles.